The minimum Gasteiger partial charge on any atom is -0.391 e. The van der Waals surface area contributed by atoms with Crippen LogP contribution in [0.3, 0.4) is 0 Å². The zero-order valence-corrected chi connectivity index (χ0v) is 10.5. The molecule has 0 aromatic heterocycles. The summed E-state index contributed by atoms with van der Waals surface area (Å²) in [5.74, 6) is 0. The van der Waals surface area contributed by atoms with Crippen molar-refractivity contribution in [3.63, 3.8) is 0 Å². The maximum atomic E-state index is 8.91. The van der Waals surface area contributed by atoms with Crippen LogP contribution in [0.2, 0.25) is 0 Å². The summed E-state index contributed by atoms with van der Waals surface area (Å²) in [6.45, 7) is 7.43. The molecule has 1 aromatic rings. The number of hydrogen-bond donors (Lipinski definition) is 3. The standard InChI is InChI=1S/C14H22N2O/c17-13-12-16-10-8-15(9-11-16)7-6-14-4-2-1-3-5-14/h1-5,17H,6-13H2/p+2. The molecule has 1 heterocycles. The summed E-state index contributed by atoms with van der Waals surface area (Å²) in [4.78, 5) is 3.28. The van der Waals surface area contributed by atoms with Crippen molar-refractivity contribution >= 4 is 0 Å². The number of benzene rings is 1. The van der Waals surface area contributed by atoms with Gasteiger partial charge in [-0.2, -0.15) is 0 Å². The van der Waals surface area contributed by atoms with Crippen molar-refractivity contribution in [2.24, 2.45) is 0 Å². The molecule has 0 radical (unpaired) electrons. The number of aliphatic hydroxyl groups is 1. The van der Waals surface area contributed by atoms with E-state index < -0.39 is 0 Å². The Morgan fingerprint density at radius 2 is 1.47 bits per heavy atom. The van der Waals surface area contributed by atoms with E-state index in [0.717, 1.165) is 6.54 Å². The fourth-order valence-electron chi connectivity index (χ4n) is 2.58. The Balaban J connectivity index is 1.68. The van der Waals surface area contributed by atoms with Gasteiger partial charge < -0.3 is 14.9 Å². The molecule has 1 saturated heterocycles. The molecule has 0 aliphatic carbocycles. The first-order chi connectivity index (χ1) is 8.38. The largest absolute Gasteiger partial charge is 0.391 e. The van der Waals surface area contributed by atoms with E-state index in [1.54, 1.807) is 9.80 Å². The lowest BCUT2D eigenvalue weighted by Crippen LogP contribution is -3.28. The first-order valence-electron chi connectivity index (χ1n) is 6.70. The highest BCUT2D eigenvalue weighted by atomic mass is 16.3. The molecule has 94 valence electrons. The van der Waals surface area contributed by atoms with Gasteiger partial charge in [0.2, 0.25) is 0 Å². The number of quaternary nitrogens is 2. The molecule has 3 nitrogen and oxygen atoms in total. The van der Waals surface area contributed by atoms with E-state index in [1.165, 1.54) is 44.7 Å². The average molecular weight is 236 g/mol. The highest BCUT2D eigenvalue weighted by Crippen LogP contribution is 1.97. The molecule has 17 heavy (non-hydrogen) atoms. The first-order valence-corrected chi connectivity index (χ1v) is 6.70. The van der Waals surface area contributed by atoms with Crippen LogP contribution < -0.4 is 9.80 Å². The van der Waals surface area contributed by atoms with E-state index in [0.29, 0.717) is 6.61 Å². The molecule has 0 amide bonds. The average Bonchev–Trinajstić information content (AvgIpc) is 2.40. The van der Waals surface area contributed by atoms with Crippen LogP contribution in [0, 0.1) is 0 Å². The van der Waals surface area contributed by atoms with Gasteiger partial charge in [-0.05, 0) is 5.56 Å². The molecule has 3 N–H and O–H groups in total. The van der Waals surface area contributed by atoms with Crippen molar-refractivity contribution in [3.8, 4) is 0 Å². The molecule has 0 atom stereocenters. The van der Waals surface area contributed by atoms with Gasteiger partial charge >= 0.3 is 0 Å². The summed E-state index contributed by atoms with van der Waals surface area (Å²) in [7, 11) is 0. The highest BCUT2D eigenvalue weighted by molar-refractivity contribution is 5.14. The van der Waals surface area contributed by atoms with Crippen LogP contribution in [0.25, 0.3) is 0 Å². The second kappa shape index (κ2) is 6.74. The minimum absolute atomic E-state index is 0.328. The fraction of sp³-hybridized carbons (Fsp3) is 0.571. The van der Waals surface area contributed by atoms with Crippen LogP contribution in [0.15, 0.2) is 30.3 Å². The lowest BCUT2D eigenvalue weighted by molar-refractivity contribution is -1.01. The van der Waals surface area contributed by atoms with Crippen LogP contribution in [0.1, 0.15) is 5.56 Å². The second-order valence-electron chi connectivity index (χ2n) is 4.96. The molecular formula is C14H24N2O+2. The lowest BCUT2D eigenvalue weighted by atomic mass is 10.1. The van der Waals surface area contributed by atoms with Gasteiger partial charge in [0.15, 0.2) is 0 Å². The Bertz CT molecular complexity index is 307. The quantitative estimate of drug-likeness (QED) is 0.543. The molecule has 0 saturated carbocycles. The van der Waals surface area contributed by atoms with Gasteiger partial charge in [0.25, 0.3) is 0 Å². The van der Waals surface area contributed by atoms with Gasteiger partial charge in [-0.15, -0.1) is 0 Å². The number of aliphatic hydroxyl groups excluding tert-OH is 1. The third-order valence-electron chi connectivity index (χ3n) is 3.74. The highest BCUT2D eigenvalue weighted by Gasteiger charge is 2.21. The summed E-state index contributed by atoms with van der Waals surface area (Å²) in [6.07, 6.45) is 1.19. The van der Waals surface area contributed by atoms with Gasteiger partial charge in [-0.3, -0.25) is 0 Å². The maximum Gasteiger partial charge on any atom is 0.127 e. The maximum absolute atomic E-state index is 8.91. The zero-order valence-electron chi connectivity index (χ0n) is 10.5. The van der Waals surface area contributed by atoms with E-state index in [-0.39, 0.29) is 0 Å². The molecule has 1 aliphatic heterocycles. The van der Waals surface area contributed by atoms with Gasteiger partial charge in [0.05, 0.1) is 13.2 Å². The first kappa shape index (κ1) is 12.6. The SMILES string of the molecule is OCC[NH+]1CC[NH+](CCc2ccccc2)CC1. The summed E-state index contributed by atoms with van der Waals surface area (Å²) >= 11 is 0. The molecular weight excluding hydrogens is 212 g/mol. The van der Waals surface area contributed by atoms with E-state index >= 15 is 0 Å². The predicted octanol–water partition coefficient (Wildman–Crippen LogP) is -2.00. The number of piperazine rings is 1. The van der Waals surface area contributed by atoms with Crippen LogP contribution >= 0.6 is 0 Å². The second-order valence-corrected chi connectivity index (χ2v) is 4.96. The molecule has 1 fully saturated rings. The third kappa shape index (κ3) is 4.11. The normalized spacial score (nSPS) is 24.8. The molecule has 3 heteroatoms. The van der Waals surface area contributed by atoms with Gasteiger partial charge in [0, 0.05) is 6.42 Å². The number of hydrogen-bond acceptors (Lipinski definition) is 1. The predicted molar refractivity (Wildman–Crippen MR) is 68.4 cm³/mol. The molecule has 0 spiro atoms. The summed E-state index contributed by atoms with van der Waals surface area (Å²) < 4.78 is 0. The van der Waals surface area contributed by atoms with Crippen molar-refractivity contribution in [2.75, 3.05) is 45.9 Å². The Morgan fingerprint density at radius 3 is 2.06 bits per heavy atom. The van der Waals surface area contributed by atoms with Crippen molar-refractivity contribution in [1.82, 2.24) is 0 Å². The fourth-order valence-corrected chi connectivity index (χ4v) is 2.58. The topological polar surface area (TPSA) is 29.1 Å². The van der Waals surface area contributed by atoms with Gasteiger partial charge in [-0.25, -0.2) is 0 Å². The molecule has 2 rings (SSSR count). The van der Waals surface area contributed by atoms with E-state index in [1.807, 2.05) is 0 Å². The Labute approximate surface area is 104 Å². The van der Waals surface area contributed by atoms with Crippen LogP contribution in [0.5, 0.6) is 0 Å². The third-order valence-corrected chi connectivity index (χ3v) is 3.74. The van der Waals surface area contributed by atoms with Crippen molar-refractivity contribution in [3.05, 3.63) is 35.9 Å². The van der Waals surface area contributed by atoms with Crippen molar-refractivity contribution < 1.29 is 14.9 Å². The summed E-state index contributed by atoms with van der Waals surface area (Å²) in [5, 5.41) is 8.91. The minimum atomic E-state index is 0.328. The molecule has 1 aliphatic rings. The number of nitrogens with one attached hydrogen (secondary N) is 2. The number of rotatable bonds is 5. The van der Waals surface area contributed by atoms with Gasteiger partial charge in [0.1, 0.15) is 32.7 Å². The van der Waals surface area contributed by atoms with E-state index in [4.69, 9.17) is 5.11 Å². The van der Waals surface area contributed by atoms with Crippen LogP contribution in [0.4, 0.5) is 0 Å². The van der Waals surface area contributed by atoms with Crippen molar-refractivity contribution in [2.45, 2.75) is 6.42 Å². The monoisotopic (exact) mass is 236 g/mol. The van der Waals surface area contributed by atoms with Crippen LogP contribution in [-0.4, -0.2) is 51.0 Å². The Kier molecular flexibility index (Phi) is 4.98. The van der Waals surface area contributed by atoms with Gasteiger partial charge in [-0.1, -0.05) is 30.3 Å². The molecule has 0 unspecified atom stereocenters. The lowest BCUT2D eigenvalue weighted by Gasteiger charge is -2.29. The molecule has 0 bridgehead atoms. The smallest absolute Gasteiger partial charge is 0.127 e. The zero-order chi connectivity index (χ0) is 11.9. The summed E-state index contributed by atoms with van der Waals surface area (Å²) in [5.41, 5.74) is 1.45. The van der Waals surface area contributed by atoms with Crippen molar-refractivity contribution in [1.29, 1.82) is 0 Å². The Morgan fingerprint density at radius 1 is 0.882 bits per heavy atom. The van der Waals surface area contributed by atoms with Crippen LogP contribution in [-0.2, 0) is 6.42 Å². The summed E-state index contributed by atoms with van der Waals surface area (Å²) in [6, 6.07) is 10.7. The van der Waals surface area contributed by atoms with E-state index in [2.05, 4.69) is 30.3 Å². The Hall–Kier alpha value is -0.900. The van der Waals surface area contributed by atoms with E-state index in [9.17, 15) is 0 Å². The molecule has 1 aromatic carbocycles.